The molecule has 1 fully saturated rings. The van der Waals surface area contributed by atoms with Crippen molar-refractivity contribution in [1.82, 2.24) is 10.2 Å². The van der Waals surface area contributed by atoms with Crippen LogP contribution >= 0.6 is 0 Å². The number of likely N-dealkylation sites (tertiary alicyclic amines) is 1. The maximum absolute atomic E-state index is 12.3. The molecule has 1 atom stereocenters. The Kier molecular flexibility index (Phi) is 7.29. The number of para-hydroxylation sites is 1. The molecule has 1 N–H and O–H groups in total. The van der Waals surface area contributed by atoms with Gasteiger partial charge in [-0.3, -0.25) is 9.59 Å². The van der Waals surface area contributed by atoms with Crippen molar-refractivity contribution < 1.29 is 9.59 Å². The predicted octanol–water partition coefficient (Wildman–Crippen LogP) is 2.52. The summed E-state index contributed by atoms with van der Waals surface area (Å²) in [4.78, 5) is 28.4. The topological polar surface area (TPSA) is 52.7 Å². The molecule has 2 amide bonds. The van der Waals surface area contributed by atoms with Crippen molar-refractivity contribution in [3.05, 3.63) is 30.3 Å². The van der Waals surface area contributed by atoms with E-state index in [1.54, 1.807) is 0 Å². The van der Waals surface area contributed by atoms with Gasteiger partial charge < -0.3 is 15.1 Å². The second-order valence-corrected chi connectivity index (χ2v) is 7.15. The summed E-state index contributed by atoms with van der Waals surface area (Å²) in [6.07, 6.45) is 1.24. The molecule has 1 aliphatic heterocycles. The van der Waals surface area contributed by atoms with Crippen LogP contribution in [0, 0.1) is 11.8 Å². The van der Waals surface area contributed by atoms with Crippen molar-refractivity contribution in [2.75, 3.05) is 37.6 Å². The van der Waals surface area contributed by atoms with Crippen molar-refractivity contribution in [3.8, 4) is 0 Å². The Bertz CT molecular complexity index is 559. The third-order valence-corrected chi connectivity index (χ3v) is 4.58. The molecule has 0 unspecified atom stereocenters. The highest BCUT2D eigenvalue weighted by atomic mass is 16.2. The first kappa shape index (κ1) is 19.3. The largest absolute Gasteiger partial charge is 0.372 e. The maximum atomic E-state index is 12.3. The molecule has 1 heterocycles. The van der Waals surface area contributed by atoms with Gasteiger partial charge in [-0.15, -0.1) is 0 Å². The van der Waals surface area contributed by atoms with Crippen LogP contribution in [0.15, 0.2) is 30.3 Å². The van der Waals surface area contributed by atoms with E-state index in [1.165, 1.54) is 5.69 Å². The molecule has 1 saturated heterocycles. The Balaban J connectivity index is 1.71. The number of carbonyl (C=O) groups is 2. The van der Waals surface area contributed by atoms with Gasteiger partial charge in [0.25, 0.3) is 0 Å². The highest BCUT2D eigenvalue weighted by Gasteiger charge is 2.34. The van der Waals surface area contributed by atoms with Gasteiger partial charge in [-0.05, 0) is 31.4 Å². The lowest BCUT2D eigenvalue weighted by Gasteiger charge is -2.23. The summed E-state index contributed by atoms with van der Waals surface area (Å²) in [7, 11) is 0. The van der Waals surface area contributed by atoms with Crippen LogP contribution in [0.25, 0.3) is 0 Å². The number of anilines is 1. The van der Waals surface area contributed by atoms with Gasteiger partial charge >= 0.3 is 0 Å². The summed E-state index contributed by atoms with van der Waals surface area (Å²) in [6, 6.07) is 10.3. The van der Waals surface area contributed by atoms with Crippen LogP contribution in [0.2, 0.25) is 0 Å². The normalized spacial score (nSPS) is 17.2. The van der Waals surface area contributed by atoms with Crippen LogP contribution in [-0.4, -0.2) is 49.4 Å². The molecule has 5 heteroatoms. The molecule has 0 bridgehead atoms. The number of rotatable bonds is 9. The summed E-state index contributed by atoms with van der Waals surface area (Å²) in [5.41, 5.74) is 1.21. The fourth-order valence-corrected chi connectivity index (χ4v) is 3.30. The molecule has 1 aliphatic rings. The number of hydrogen-bond acceptors (Lipinski definition) is 3. The molecule has 2 rings (SSSR count). The molecule has 0 radical (unpaired) electrons. The number of nitrogens with zero attached hydrogens (tertiary/aromatic N) is 2. The molecule has 0 aliphatic carbocycles. The van der Waals surface area contributed by atoms with Crippen LogP contribution in [0.1, 0.15) is 33.6 Å². The monoisotopic (exact) mass is 345 g/mol. The Hall–Kier alpha value is -2.04. The molecule has 138 valence electrons. The van der Waals surface area contributed by atoms with E-state index in [0.717, 1.165) is 26.1 Å². The zero-order valence-corrected chi connectivity index (χ0v) is 15.7. The average Bonchev–Trinajstić information content (AvgIpc) is 2.96. The van der Waals surface area contributed by atoms with Gasteiger partial charge in [-0.25, -0.2) is 0 Å². The lowest BCUT2D eigenvalue weighted by atomic mass is 10.1. The Labute approximate surface area is 151 Å². The first-order valence-electron chi connectivity index (χ1n) is 9.36. The predicted molar refractivity (Wildman–Crippen MR) is 101 cm³/mol. The molecule has 0 aromatic heterocycles. The summed E-state index contributed by atoms with van der Waals surface area (Å²) in [6.45, 7) is 10.1. The Morgan fingerprint density at radius 2 is 2.04 bits per heavy atom. The Morgan fingerprint density at radius 3 is 2.68 bits per heavy atom. The van der Waals surface area contributed by atoms with E-state index in [2.05, 4.69) is 43.1 Å². The van der Waals surface area contributed by atoms with Crippen molar-refractivity contribution in [1.29, 1.82) is 0 Å². The lowest BCUT2D eigenvalue weighted by molar-refractivity contribution is -0.129. The van der Waals surface area contributed by atoms with Crippen molar-refractivity contribution >= 4 is 17.5 Å². The number of carbonyl (C=O) groups excluding carboxylic acids is 2. The van der Waals surface area contributed by atoms with Crippen LogP contribution in [0.4, 0.5) is 5.69 Å². The van der Waals surface area contributed by atoms with E-state index < -0.39 is 0 Å². The van der Waals surface area contributed by atoms with E-state index in [9.17, 15) is 9.59 Å². The Morgan fingerprint density at radius 1 is 1.32 bits per heavy atom. The first-order chi connectivity index (χ1) is 12.0. The fraction of sp³-hybridized carbons (Fsp3) is 0.600. The van der Waals surface area contributed by atoms with Crippen LogP contribution in [-0.2, 0) is 9.59 Å². The fourth-order valence-electron chi connectivity index (χ4n) is 3.30. The number of nitrogens with one attached hydrogen (secondary N) is 1. The van der Waals surface area contributed by atoms with E-state index >= 15 is 0 Å². The maximum Gasteiger partial charge on any atom is 0.225 e. The number of benzene rings is 1. The smallest absolute Gasteiger partial charge is 0.225 e. The van der Waals surface area contributed by atoms with E-state index in [0.29, 0.717) is 25.4 Å². The van der Waals surface area contributed by atoms with Gasteiger partial charge in [0.15, 0.2) is 0 Å². The second kappa shape index (κ2) is 9.44. The number of hydrogen-bond donors (Lipinski definition) is 1. The highest BCUT2D eigenvalue weighted by molar-refractivity contribution is 5.89. The molecular weight excluding hydrogens is 314 g/mol. The minimum atomic E-state index is -0.192. The van der Waals surface area contributed by atoms with E-state index in [-0.39, 0.29) is 17.7 Å². The van der Waals surface area contributed by atoms with Crippen LogP contribution in [0.3, 0.4) is 0 Å². The molecule has 5 nitrogen and oxygen atoms in total. The van der Waals surface area contributed by atoms with Crippen molar-refractivity contribution in [2.45, 2.75) is 33.6 Å². The summed E-state index contributed by atoms with van der Waals surface area (Å²) in [5.74, 6) is 0.365. The van der Waals surface area contributed by atoms with E-state index in [1.807, 2.05) is 23.1 Å². The summed E-state index contributed by atoms with van der Waals surface area (Å²) < 4.78 is 0. The SMILES string of the molecule is CCN(CCCNC(=O)[C@@H]1CC(=O)N(CC(C)C)C1)c1ccccc1. The average molecular weight is 345 g/mol. The van der Waals surface area contributed by atoms with Crippen molar-refractivity contribution in [3.63, 3.8) is 0 Å². The molecule has 25 heavy (non-hydrogen) atoms. The van der Waals surface area contributed by atoms with Gasteiger partial charge in [-0.1, -0.05) is 32.0 Å². The third-order valence-electron chi connectivity index (χ3n) is 4.58. The third kappa shape index (κ3) is 5.76. The molecule has 1 aromatic carbocycles. The molecular formula is C20H31N3O2. The van der Waals surface area contributed by atoms with Crippen LogP contribution < -0.4 is 10.2 Å². The zero-order valence-electron chi connectivity index (χ0n) is 15.7. The summed E-state index contributed by atoms with van der Waals surface area (Å²) in [5, 5.41) is 3.01. The minimum absolute atomic E-state index is 0.0161. The van der Waals surface area contributed by atoms with E-state index in [4.69, 9.17) is 0 Å². The molecule has 0 spiro atoms. The second-order valence-electron chi connectivity index (χ2n) is 7.15. The van der Waals surface area contributed by atoms with Crippen molar-refractivity contribution in [2.24, 2.45) is 11.8 Å². The first-order valence-corrected chi connectivity index (χ1v) is 9.36. The zero-order chi connectivity index (χ0) is 18.2. The van der Waals surface area contributed by atoms with Gasteiger partial charge in [0.1, 0.15) is 0 Å². The van der Waals surface area contributed by atoms with Gasteiger partial charge in [-0.2, -0.15) is 0 Å². The highest BCUT2D eigenvalue weighted by Crippen LogP contribution is 2.19. The standard InChI is InChI=1S/C20H31N3O2/c1-4-22(18-9-6-5-7-10-18)12-8-11-21-20(25)17-13-19(24)23(15-17)14-16(2)3/h5-7,9-10,16-17H,4,8,11-15H2,1-3H3,(H,21,25)/t17-/m1/s1. The summed E-state index contributed by atoms with van der Waals surface area (Å²) >= 11 is 0. The van der Waals surface area contributed by atoms with Gasteiger partial charge in [0, 0.05) is 44.8 Å². The molecule has 0 saturated carbocycles. The quantitative estimate of drug-likeness (QED) is 0.700. The minimum Gasteiger partial charge on any atom is -0.372 e. The number of amides is 2. The molecule has 1 aromatic rings. The lowest BCUT2D eigenvalue weighted by Crippen LogP contribution is -2.35. The van der Waals surface area contributed by atoms with Gasteiger partial charge in [0.2, 0.25) is 11.8 Å². The van der Waals surface area contributed by atoms with Crippen LogP contribution in [0.5, 0.6) is 0 Å². The van der Waals surface area contributed by atoms with Gasteiger partial charge in [0.05, 0.1) is 5.92 Å².